The van der Waals surface area contributed by atoms with E-state index in [1.807, 2.05) is 49.4 Å². The van der Waals surface area contributed by atoms with Crippen molar-refractivity contribution in [3.63, 3.8) is 0 Å². The average molecular weight is 483 g/mol. The Labute approximate surface area is 212 Å². The zero-order chi connectivity index (χ0) is 25.6. The number of hydrogen-bond acceptors (Lipinski definition) is 7. The Balaban J connectivity index is 1.39. The third-order valence-corrected chi connectivity index (χ3v) is 5.12. The minimum Gasteiger partial charge on any atom is -0.494 e. The van der Waals surface area contributed by atoms with Crippen LogP contribution in [-0.4, -0.2) is 29.2 Å². The van der Waals surface area contributed by atoms with Crippen LogP contribution in [0.2, 0.25) is 0 Å². The number of aryl methyl sites for hydroxylation is 1. The third-order valence-electron chi connectivity index (χ3n) is 5.12. The molecule has 0 amide bonds. The lowest BCUT2D eigenvalue weighted by atomic mass is 10.1. The van der Waals surface area contributed by atoms with Gasteiger partial charge in [0, 0.05) is 23.5 Å². The van der Waals surface area contributed by atoms with E-state index < -0.39 is 0 Å². The third kappa shape index (κ3) is 9.15. The van der Waals surface area contributed by atoms with Crippen LogP contribution in [0.3, 0.4) is 0 Å². The maximum Gasteiger partial charge on any atom is 0.333 e. The second-order valence-electron chi connectivity index (χ2n) is 8.25. The predicted molar refractivity (Wildman–Crippen MR) is 140 cm³/mol. The topological polar surface area (TPSA) is 86.0 Å². The van der Waals surface area contributed by atoms with Gasteiger partial charge in [-0.2, -0.15) is 10.2 Å². The van der Waals surface area contributed by atoms with Gasteiger partial charge in [0.15, 0.2) is 0 Å². The Morgan fingerprint density at radius 3 is 2.28 bits per heavy atom. The molecule has 0 N–H and O–H groups in total. The summed E-state index contributed by atoms with van der Waals surface area (Å²) in [6, 6.07) is 13.3. The van der Waals surface area contributed by atoms with Crippen molar-refractivity contribution in [1.29, 1.82) is 0 Å². The van der Waals surface area contributed by atoms with E-state index in [9.17, 15) is 4.79 Å². The molecule has 3 aromatic rings. The summed E-state index contributed by atoms with van der Waals surface area (Å²) in [4.78, 5) is 19.2. The highest BCUT2D eigenvalue weighted by molar-refractivity contribution is 5.86. The van der Waals surface area contributed by atoms with Crippen LogP contribution >= 0.6 is 0 Å². The summed E-state index contributed by atoms with van der Waals surface area (Å²) < 4.78 is 10.9. The van der Waals surface area contributed by atoms with Crippen molar-refractivity contribution < 1.29 is 14.3 Å². The van der Waals surface area contributed by atoms with Crippen LogP contribution in [0.25, 0.3) is 0 Å². The smallest absolute Gasteiger partial charge is 0.333 e. The Bertz CT molecular complexity index is 1240. The van der Waals surface area contributed by atoms with Crippen LogP contribution < -0.4 is 4.74 Å². The maximum atomic E-state index is 11.3. The van der Waals surface area contributed by atoms with Gasteiger partial charge in [-0.3, -0.25) is 0 Å². The van der Waals surface area contributed by atoms with Crippen molar-refractivity contribution in [3.8, 4) is 17.6 Å². The first kappa shape index (κ1) is 26.3. The Kier molecular flexibility index (Phi) is 10.4. The lowest BCUT2D eigenvalue weighted by Gasteiger charge is -2.07. The molecule has 0 saturated heterocycles. The van der Waals surface area contributed by atoms with Crippen molar-refractivity contribution in [3.05, 3.63) is 90.0 Å². The molecule has 7 nitrogen and oxygen atoms in total. The first-order valence-corrected chi connectivity index (χ1v) is 11.9. The molecule has 2 aromatic carbocycles. The standard InChI is InChI=1S/C29H30N4O3/c1-22(2)29(34)36-17-7-5-4-6-16-35-28-14-12-26(13-15-28)32-33-27-11-10-25(23(3)18-27)9-8-24-19-30-21-31-20-24/h10-15,18-21H,1,4-7,16-17H2,2-3H3. The van der Waals surface area contributed by atoms with Crippen LogP contribution in [0.1, 0.15) is 49.3 Å². The highest BCUT2D eigenvalue weighted by atomic mass is 16.5. The highest BCUT2D eigenvalue weighted by Gasteiger charge is 2.02. The van der Waals surface area contributed by atoms with E-state index in [4.69, 9.17) is 9.47 Å². The van der Waals surface area contributed by atoms with Gasteiger partial charge >= 0.3 is 5.97 Å². The molecule has 0 aliphatic rings. The fraction of sp³-hybridized carbons (Fsp3) is 0.276. The zero-order valence-electron chi connectivity index (χ0n) is 20.7. The van der Waals surface area contributed by atoms with Gasteiger partial charge in [0.05, 0.1) is 30.2 Å². The second kappa shape index (κ2) is 14.2. The van der Waals surface area contributed by atoms with Crippen molar-refractivity contribution in [2.24, 2.45) is 10.2 Å². The predicted octanol–water partition coefficient (Wildman–Crippen LogP) is 6.66. The number of rotatable bonds is 11. The minimum atomic E-state index is -0.324. The molecule has 0 aliphatic heterocycles. The van der Waals surface area contributed by atoms with E-state index in [-0.39, 0.29) is 5.97 Å². The van der Waals surface area contributed by atoms with Crippen LogP contribution in [0.5, 0.6) is 5.75 Å². The fourth-order valence-corrected chi connectivity index (χ4v) is 3.11. The van der Waals surface area contributed by atoms with E-state index in [2.05, 4.69) is 38.6 Å². The number of carbonyl (C=O) groups excluding carboxylic acids is 1. The molecule has 0 unspecified atom stereocenters. The summed E-state index contributed by atoms with van der Waals surface area (Å²) in [5.41, 5.74) is 4.65. The largest absolute Gasteiger partial charge is 0.494 e. The van der Waals surface area contributed by atoms with Gasteiger partial charge in [-0.1, -0.05) is 18.4 Å². The lowest BCUT2D eigenvalue weighted by Crippen LogP contribution is -2.06. The molecule has 0 fully saturated rings. The summed E-state index contributed by atoms with van der Waals surface area (Å²) in [7, 11) is 0. The SMILES string of the molecule is C=C(C)C(=O)OCCCCCCOc1ccc(N=Nc2ccc(C#Cc3cncnc3)c(C)c2)cc1. The molecule has 0 radical (unpaired) electrons. The van der Waals surface area contributed by atoms with Gasteiger partial charge in [-0.05, 0) is 87.6 Å². The molecule has 0 saturated carbocycles. The van der Waals surface area contributed by atoms with Crippen molar-refractivity contribution in [2.75, 3.05) is 13.2 Å². The molecule has 0 spiro atoms. The van der Waals surface area contributed by atoms with Gasteiger partial charge in [-0.15, -0.1) is 0 Å². The van der Waals surface area contributed by atoms with Gasteiger partial charge < -0.3 is 9.47 Å². The molecule has 3 rings (SSSR count). The van der Waals surface area contributed by atoms with Crippen LogP contribution in [0.15, 0.2) is 83.6 Å². The molecule has 0 atom stereocenters. The Morgan fingerprint density at radius 2 is 1.58 bits per heavy atom. The molecule has 36 heavy (non-hydrogen) atoms. The van der Waals surface area contributed by atoms with E-state index in [1.54, 1.807) is 19.3 Å². The minimum absolute atomic E-state index is 0.324. The summed E-state index contributed by atoms with van der Waals surface area (Å²) in [6.45, 7) is 8.28. The number of benzene rings is 2. The fourth-order valence-electron chi connectivity index (χ4n) is 3.11. The van der Waals surface area contributed by atoms with Crippen molar-refractivity contribution in [2.45, 2.75) is 39.5 Å². The van der Waals surface area contributed by atoms with Gasteiger partial charge in [0.1, 0.15) is 12.1 Å². The number of unbranched alkanes of at least 4 members (excludes halogenated alkanes) is 3. The van der Waals surface area contributed by atoms with E-state index in [0.29, 0.717) is 18.8 Å². The Hall–Kier alpha value is -4.31. The number of aromatic nitrogens is 2. The number of carbonyl (C=O) groups is 1. The van der Waals surface area contributed by atoms with Crippen molar-refractivity contribution >= 4 is 17.3 Å². The zero-order valence-corrected chi connectivity index (χ0v) is 20.7. The first-order chi connectivity index (χ1) is 17.5. The molecule has 1 heterocycles. The van der Waals surface area contributed by atoms with Crippen LogP contribution in [0, 0.1) is 18.8 Å². The summed E-state index contributed by atoms with van der Waals surface area (Å²) in [5, 5.41) is 8.66. The number of nitrogens with zero attached hydrogens (tertiary/aromatic N) is 4. The summed E-state index contributed by atoms with van der Waals surface area (Å²) in [5.74, 6) is 6.68. The Morgan fingerprint density at radius 1 is 0.917 bits per heavy atom. The van der Waals surface area contributed by atoms with E-state index in [0.717, 1.165) is 59.5 Å². The number of hydrogen-bond donors (Lipinski definition) is 0. The van der Waals surface area contributed by atoms with Gasteiger partial charge in [0.25, 0.3) is 0 Å². The maximum absolute atomic E-state index is 11.3. The normalized spacial score (nSPS) is 10.5. The lowest BCUT2D eigenvalue weighted by molar-refractivity contribution is -0.139. The molecule has 7 heteroatoms. The first-order valence-electron chi connectivity index (χ1n) is 11.9. The average Bonchev–Trinajstić information content (AvgIpc) is 2.89. The number of azo groups is 1. The van der Waals surface area contributed by atoms with Crippen LogP contribution in [0.4, 0.5) is 11.4 Å². The van der Waals surface area contributed by atoms with E-state index >= 15 is 0 Å². The number of ether oxygens (including phenoxy) is 2. The second-order valence-corrected chi connectivity index (χ2v) is 8.25. The van der Waals surface area contributed by atoms with Crippen molar-refractivity contribution in [1.82, 2.24) is 9.97 Å². The quantitative estimate of drug-likeness (QED) is 0.100. The van der Waals surface area contributed by atoms with E-state index in [1.165, 1.54) is 6.33 Å². The van der Waals surface area contributed by atoms with Gasteiger partial charge in [0.2, 0.25) is 0 Å². The molecule has 184 valence electrons. The molecule has 0 aliphatic carbocycles. The highest BCUT2D eigenvalue weighted by Crippen LogP contribution is 2.23. The summed E-state index contributed by atoms with van der Waals surface area (Å²) >= 11 is 0. The molecule has 1 aromatic heterocycles. The van der Waals surface area contributed by atoms with Gasteiger partial charge in [-0.25, -0.2) is 14.8 Å². The van der Waals surface area contributed by atoms with Crippen LogP contribution in [-0.2, 0) is 9.53 Å². The summed E-state index contributed by atoms with van der Waals surface area (Å²) in [6.07, 6.45) is 8.64. The molecule has 0 bridgehead atoms. The molecular weight excluding hydrogens is 452 g/mol. The molecular formula is C29H30N4O3. The number of esters is 1. The monoisotopic (exact) mass is 482 g/mol.